The Morgan fingerprint density at radius 3 is 2.34 bits per heavy atom. The van der Waals surface area contributed by atoms with Crippen molar-refractivity contribution < 1.29 is 14.3 Å². The van der Waals surface area contributed by atoms with Crippen molar-refractivity contribution >= 4 is 23.2 Å². The number of methoxy groups -OCH3 is 1. The molecule has 1 fully saturated rings. The van der Waals surface area contributed by atoms with Gasteiger partial charge in [-0.05, 0) is 48.9 Å². The van der Waals surface area contributed by atoms with E-state index in [1.807, 2.05) is 35.2 Å². The van der Waals surface area contributed by atoms with E-state index < -0.39 is 0 Å². The largest absolute Gasteiger partial charge is 0.497 e. The first-order valence-corrected chi connectivity index (χ1v) is 11.7. The second-order valence-corrected chi connectivity index (χ2v) is 8.27. The first-order chi connectivity index (χ1) is 15.6. The highest BCUT2D eigenvalue weighted by molar-refractivity contribution is 6.04. The van der Waals surface area contributed by atoms with Gasteiger partial charge in [-0.25, -0.2) is 0 Å². The second kappa shape index (κ2) is 12.1. The summed E-state index contributed by atoms with van der Waals surface area (Å²) >= 11 is 0. The Morgan fingerprint density at radius 2 is 1.66 bits per heavy atom. The van der Waals surface area contributed by atoms with Gasteiger partial charge in [-0.2, -0.15) is 0 Å². The van der Waals surface area contributed by atoms with E-state index in [4.69, 9.17) is 4.74 Å². The minimum absolute atomic E-state index is 0.168. The van der Waals surface area contributed by atoms with E-state index in [9.17, 15) is 9.59 Å². The molecule has 6 heteroatoms. The number of ether oxygens (including phenoxy) is 1. The van der Waals surface area contributed by atoms with E-state index in [0.717, 1.165) is 50.4 Å². The van der Waals surface area contributed by atoms with Gasteiger partial charge in [0, 0.05) is 49.5 Å². The van der Waals surface area contributed by atoms with Crippen molar-refractivity contribution in [3.8, 4) is 5.75 Å². The zero-order valence-corrected chi connectivity index (χ0v) is 19.3. The van der Waals surface area contributed by atoms with Crippen molar-refractivity contribution in [1.82, 2.24) is 4.90 Å². The number of hydrogen-bond donors (Lipinski definition) is 1. The summed E-state index contributed by atoms with van der Waals surface area (Å²) in [6.45, 7) is 5.40. The highest BCUT2D eigenvalue weighted by Crippen LogP contribution is 2.21. The van der Waals surface area contributed by atoms with E-state index >= 15 is 0 Å². The Bertz CT molecular complexity index is 874. The van der Waals surface area contributed by atoms with Gasteiger partial charge in [-0.3, -0.25) is 9.59 Å². The molecule has 2 amide bonds. The van der Waals surface area contributed by atoms with Gasteiger partial charge in [0.05, 0.1) is 7.11 Å². The summed E-state index contributed by atoms with van der Waals surface area (Å²) in [5, 5.41) is 2.93. The third-order valence-corrected chi connectivity index (χ3v) is 5.95. The maximum Gasteiger partial charge on any atom is 0.255 e. The Kier molecular flexibility index (Phi) is 8.96. The predicted octanol–water partition coefficient (Wildman–Crippen LogP) is 4.96. The molecule has 6 nitrogen and oxygen atoms in total. The number of nitrogens with zero attached hydrogens (tertiary/aromatic N) is 2. The summed E-state index contributed by atoms with van der Waals surface area (Å²) in [6.07, 6.45) is 6.54. The third-order valence-electron chi connectivity index (χ3n) is 5.95. The van der Waals surface area contributed by atoms with Crippen LogP contribution in [0.15, 0.2) is 48.5 Å². The van der Waals surface area contributed by atoms with E-state index in [1.54, 1.807) is 25.3 Å². The van der Waals surface area contributed by atoms with Crippen LogP contribution in [0.4, 0.5) is 11.4 Å². The Hall–Kier alpha value is -3.02. The number of carbonyl (C=O) groups is 2. The second-order valence-electron chi connectivity index (χ2n) is 8.27. The van der Waals surface area contributed by atoms with Crippen LogP contribution in [-0.2, 0) is 4.79 Å². The highest BCUT2D eigenvalue weighted by Gasteiger charge is 2.21. The zero-order valence-electron chi connectivity index (χ0n) is 19.3. The Morgan fingerprint density at radius 1 is 0.938 bits per heavy atom. The smallest absolute Gasteiger partial charge is 0.255 e. The molecule has 1 aliphatic rings. The predicted molar refractivity (Wildman–Crippen MR) is 130 cm³/mol. The lowest BCUT2D eigenvalue weighted by Crippen LogP contribution is -2.48. The first kappa shape index (κ1) is 23.6. The molecule has 0 saturated carbocycles. The quantitative estimate of drug-likeness (QED) is 0.534. The molecule has 1 N–H and O–H groups in total. The lowest BCUT2D eigenvalue weighted by Gasteiger charge is -2.36. The maximum atomic E-state index is 12.5. The molecule has 2 aromatic rings. The van der Waals surface area contributed by atoms with Crippen LogP contribution in [0.3, 0.4) is 0 Å². The number of hydrogen-bond acceptors (Lipinski definition) is 4. The lowest BCUT2D eigenvalue weighted by atomic mass is 10.1. The molecule has 0 unspecified atom stereocenters. The average molecular weight is 438 g/mol. The monoisotopic (exact) mass is 437 g/mol. The van der Waals surface area contributed by atoms with Gasteiger partial charge in [-0.1, -0.05) is 38.7 Å². The lowest BCUT2D eigenvalue weighted by molar-refractivity contribution is -0.131. The topological polar surface area (TPSA) is 61.9 Å². The molecule has 0 atom stereocenters. The first-order valence-electron chi connectivity index (χ1n) is 11.7. The molecule has 0 bridgehead atoms. The molecule has 1 heterocycles. The molecular weight excluding hydrogens is 402 g/mol. The van der Waals surface area contributed by atoms with Gasteiger partial charge in [0.1, 0.15) is 5.75 Å². The number of anilines is 2. The molecule has 0 spiro atoms. The van der Waals surface area contributed by atoms with Crippen LogP contribution in [0.2, 0.25) is 0 Å². The number of piperazine rings is 1. The minimum atomic E-state index is -0.168. The molecule has 32 heavy (non-hydrogen) atoms. The molecule has 0 radical (unpaired) electrons. The number of carbonyl (C=O) groups excluding carboxylic acids is 2. The normalized spacial score (nSPS) is 13.7. The van der Waals surface area contributed by atoms with Crippen molar-refractivity contribution in [3.05, 3.63) is 54.1 Å². The fourth-order valence-electron chi connectivity index (χ4n) is 3.98. The molecule has 0 aromatic heterocycles. The summed E-state index contributed by atoms with van der Waals surface area (Å²) < 4.78 is 5.18. The van der Waals surface area contributed by atoms with Gasteiger partial charge in [0.2, 0.25) is 5.91 Å². The Labute approximate surface area is 191 Å². The van der Waals surface area contributed by atoms with Gasteiger partial charge in [0.15, 0.2) is 0 Å². The van der Waals surface area contributed by atoms with Crippen molar-refractivity contribution in [2.45, 2.75) is 45.4 Å². The number of rotatable bonds is 10. The van der Waals surface area contributed by atoms with Crippen LogP contribution in [0.25, 0.3) is 0 Å². The Balaban J connectivity index is 1.45. The van der Waals surface area contributed by atoms with Gasteiger partial charge in [-0.15, -0.1) is 0 Å². The van der Waals surface area contributed by atoms with E-state index in [1.165, 1.54) is 19.3 Å². The number of benzene rings is 2. The van der Waals surface area contributed by atoms with Crippen molar-refractivity contribution in [1.29, 1.82) is 0 Å². The van der Waals surface area contributed by atoms with Crippen LogP contribution >= 0.6 is 0 Å². The number of nitrogens with one attached hydrogen (secondary N) is 1. The summed E-state index contributed by atoms with van der Waals surface area (Å²) in [6, 6.07) is 15.0. The van der Waals surface area contributed by atoms with E-state index in [0.29, 0.717) is 17.7 Å². The fraction of sp³-hybridized carbons (Fsp3) is 0.462. The van der Waals surface area contributed by atoms with Gasteiger partial charge >= 0.3 is 0 Å². The fourth-order valence-corrected chi connectivity index (χ4v) is 3.98. The third kappa shape index (κ3) is 6.74. The summed E-state index contributed by atoms with van der Waals surface area (Å²) in [4.78, 5) is 29.2. The molecule has 3 rings (SSSR count). The minimum Gasteiger partial charge on any atom is -0.497 e. The van der Waals surface area contributed by atoms with Gasteiger partial charge < -0.3 is 19.9 Å². The standard InChI is InChI=1S/C26H35N3O3/c1-3-4-5-6-7-11-25(30)29-18-16-28(17-19-29)23-14-12-22(13-15-23)27-26(31)21-9-8-10-24(20-21)32-2/h8-10,12-15,20H,3-7,11,16-19H2,1-2H3,(H,27,31). The van der Waals surface area contributed by atoms with Crippen LogP contribution in [0, 0.1) is 0 Å². The van der Waals surface area contributed by atoms with Crippen molar-refractivity contribution in [2.24, 2.45) is 0 Å². The molecule has 2 aromatic carbocycles. The van der Waals surface area contributed by atoms with Crippen molar-refractivity contribution in [2.75, 3.05) is 43.5 Å². The summed E-state index contributed by atoms with van der Waals surface area (Å²) in [7, 11) is 1.58. The van der Waals surface area contributed by atoms with E-state index in [-0.39, 0.29) is 11.8 Å². The number of amides is 2. The molecule has 0 aliphatic carbocycles. The summed E-state index contributed by atoms with van der Waals surface area (Å²) in [5.41, 5.74) is 2.41. The molecule has 172 valence electrons. The maximum absolute atomic E-state index is 12.5. The summed E-state index contributed by atoms with van der Waals surface area (Å²) in [5.74, 6) is 0.775. The van der Waals surface area contributed by atoms with Crippen molar-refractivity contribution in [3.63, 3.8) is 0 Å². The van der Waals surface area contributed by atoms with Crippen LogP contribution in [0.1, 0.15) is 55.8 Å². The molecule has 1 saturated heterocycles. The zero-order chi connectivity index (χ0) is 22.8. The highest BCUT2D eigenvalue weighted by atomic mass is 16.5. The van der Waals surface area contributed by atoms with Gasteiger partial charge in [0.25, 0.3) is 5.91 Å². The number of unbranched alkanes of at least 4 members (excludes halogenated alkanes) is 4. The molecule has 1 aliphatic heterocycles. The molecular formula is C26H35N3O3. The average Bonchev–Trinajstić information content (AvgIpc) is 2.84. The van der Waals surface area contributed by atoms with E-state index in [2.05, 4.69) is 17.1 Å². The van der Waals surface area contributed by atoms with Crippen LogP contribution in [0.5, 0.6) is 5.75 Å². The van der Waals surface area contributed by atoms with Crippen LogP contribution in [-0.4, -0.2) is 50.0 Å². The van der Waals surface area contributed by atoms with Crippen LogP contribution < -0.4 is 15.0 Å². The SMILES string of the molecule is CCCCCCCC(=O)N1CCN(c2ccc(NC(=O)c3cccc(OC)c3)cc2)CC1.